The molecule has 0 radical (unpaired) electrons. The number of thioether (sulfide) groups is 1. The summed E-state index contributed by atoms with van der Waals surface area (Å²) in [5.41, 5.74) is -2.30. The zero-order valence-corrected chi connectivity index (χ0v) is 15.8. The van der Waals surface area contributed by atoms with Crippen molar-refractivity contribution >= 4 is 23.6 Å². The monoisotopic (exact) mass is 426 g/mol. The van der Waals surface area contributed by atoms with Crippen LogP contribution in [0.2, 0.25) is 0 Å². The Morgan fingerprint density at radius 2 is 1.93 bits per heavy atom. The van der Waals surface area contributed by atoms with Crippen LogP contribution in [0.25, 0.3) is 0 Å². The number of nitrogens with zero attached hydrogens (tertiary/aromatic N) is 1. The first-order valence-corrected chi connectivity index (χ1v) is 9.41. The molecular formula is C19H17F3N2O4S. The Kier molecular flexibility index (Phi) is 6.33. The molecular weight excluding hydrogens is 409 g/mol. The summed E-state index contributed by atoms with van der Waals surface area (Å²) in [6.07, 6.45) is 0.362. The quantitative estimate of drug-likeness (QED) is 0.419. The standard InChI is InChI=1S/C19H17F3N2O4S/c20-19(21,22)29-16-10-13(18(26)24-9-8-14(24)17(25)23-27)6-7-15(16)28-11-12-4-2-1-3-5-12/h1-7,10,14,27H,8-9,11H2,(H,23,25)/t14-/m1/s1. The smallest absolute Gasteiger partial charge is 0.446 e. The molecule has 0 aliphatic carbocycles. The second-order valence-electron chi connectivity index (χ2n) is 6.26. The number of hydrogen-bond acceptors (Lipinski definition) is 5. The van der Waals surface area contributed by atoms with Gasteiger partial charge >= 0.3 is 5.51 Å². The number of halogens is 3. The third-order valence-corrected chi connectivity index (χ3v) is 5.12. The molecule has 1 aliphatic rings. The second-order valence-corrected chi connectivity index (χ2v) is 7.37. The van der Waals surface area contributed by atoms with Crippen LogP contribution in [-0.4, -0.2) is 40.0 Å². The Morgan fingerprint density at radius 1 is 1.21 bits per heavy atom. The van der Waals surface area contributed by atoms with E-state index in [0.29, 0.717) is 6.42 Å². The zero-order chi connectivity index (χ0) is 21.0. The summed E-state index contributed by atoms with van der Waals surface area (Å²) in [5, 5.41) is 8.72. The van der Waals surface area contributed by atoms with Crippen molar-refractivity contribution in [3.8, 4) is 5.75 Å². The minimum Gasteiger partial charge on any atom is -0.488 e. The van der Waals surface area contributed by atoms with Gasteiger partial charge in [0.1, 0.15) is 18.4 Å². The van der Waals surface area contributed by atoms with E-state index in [4.69, 9.17) is 9.94 Å². The maximum absolute atomic E-state index is 13.0. The molecule has 2 aromatic rings. The Morgan fingerprint density at radius 3 is 2.52 bits per heavy atom. The van der Waals surface area contributed by atoms with E-state index in [1.54, 1.807) is 24.3 Å². The average molecular weight is 426 g/mol. The molecule has 1 saturated heterocycles. The lowest BCUT2D eigenvalue weighted by molar-refractivity contribution is -0.137. The van der Waals surface area contributed by atoms with Gasteiger partial charge < -0.3 is 9.64 Å². The van der Waals surface area contributed by atoms with Gasteiger partial charge in [0.05, 0.1) is 4.90 Å². The van der Waals surface area contributed by atoms with Crippen LogP contribution >= 0.6 is 11.8 Å². The number of benzene rings is 2. The molecule has 2 amide bonds. The van der Waals surface area contributed by atoms with Crippen molar-refractivity contribution in [2.45, 2.75) is 29.5 Å². The largest absolute Gasteiger partial charge is 0.488 e. The van der Waals surface area contributed by atoms with E-state index < -0.39 is 23.4 Å². The minimum atomic E-state index is -4.57. The molecule has 0 unspecified atom stereocenters. The molecule has 1 fully saturated rings. The van der Waals surface area contributed by atoms with Gasteiger partial charge in [-0.25, -0.2) is 5.48 Å². The Bertz CT molecular complexity index is 893. The van der Waals surface area contributed by atoms with Gasteiger partial charge in [0, 0.05) is 12.1 Å². The van der Waals surface area contributed by atoms with Crippen LogP contribution in [-0.2, 0) is 11.4 Å². The molecule has 0 saturated carbocycles. The number of ether oxygens (including phenoxy) is 1. The van der Waals surface area contributed by atoms with Gasteiger partial charge in [-0.2, -0.15) is 13.2 Å². The lowest BCUT2D eigenvalue weighted by Gasteiger charge is -2.39. The van der Waals surface area contributed by atoms with Crippen LogP contribution in [0.4, 0.5) is 13.2 Å². The maximum Gasteiger partial charge on any atom is 0.446 e. The summed E-state index contributed by atoms with van der Waals surface area (Å²) >= 11 is -0.372. The molecule has 154 valence electrons. The first kappa shape index (κ1) is 21.0. The Labute approximate surface area is 168 Å². The summed E-state index contributed by atoms with van der Waals surface area (Å²) in [4.78, 5) is 25.1. The van der Waals surface area contributed by atoms with Gasteiger partial charge in [0.15, 0.2) is 0 Å². The zero-order valence-electron chi connectivity index (χ0n) is 15.0. The molecule has 29 heavy (non-hydrogen) atoms. The lowest BCUT2D eigenvalue weighted by Crippen LogP contribution is -2.57. The van der Waals surface area contributed by atoms with Crippen molar-refractivity contribution in [3.05, 3.63) is 59.7 Å². The van der Waals surface area contributed by atoms with Crippen LogP contribution in [0.15, 0.2) is 53.4 Å². The fraction of sp³-hybridized carbons (Fsp3) is 0.263. The molecule has 0 bridgehead atoms. The average Bonchev–Trinajstić information content (AvgIpc) is 2.65. The fourth-order valence-corrected chi connectivity index (χ4v) is 3.51. The van der Waals surface area contributed by atoms with E-state index in [9.17, 15) is 22.8 Å². The van der Waals surface area contributed by atoms with Gasteiger partial charge in [-0.1, -0.05) is 30.3 Å². The first-order valence-electron chi connectivity index (χ1n) is 8.60. The highest BCUT2D eigenvalue weighted by atomic mass is 32.2. The molecule has 2 aromatic carbocycles. The van der Waals surface area contributed by atoms with E-state index in [-0.39, 0.29) is 41.1 Å². The van der Waals surface area contributed by atoms with Crippen molar-refractivity contribution < 1.29 is 32.7 Å². The normalized spacial score (nSPS) is 16.1. The number of alkyl halides is 3. The number of likely N-dealkylation sites (tertiary alicyclic amines) is 1. The van der Waals surface area contributed by atoms with Gasteiger partial charge in [-0.15, -0.1) is 0 Å². The number of nitrogens with one attached hydrogen (secondary N) is 1. The van der Waals surface area contributed by atoms with E-state index in [2.05, 4.69) is 0 Å². The third-order valence-electron chi connectivity index (χ3n) is 4.35. The second kappa shape index (κ2) is 8.75. The number of rotatable bonds is 6. The summed E-state index contributed by atoms with van der Waals surface area (Å²) in [6, 6.07) is 11.9. The minimum absolute atomic E-state index is 0.000694. The maximum atomic E-state index is 13.0. The van der Waals surface area contributed by atoms with E-state index in [1.807, 2.05) is 6.07 Å². The van der Waals surface area contributed by atoms with Crippen LogP contribution in [0.5, 0.6) is 5.75 Å². The summed E-state index contributed by atoms with van der Waals surface area (Å²) in [7, 11) is 0. The molecule has 10 heteroatoms. The SMILES string of the molecule is O=C(NO)[C@H]1CCN1C(=O)c1ccc(OCc2ccccc2)c(SC(F)(F)F)c1. The van der Waals surface area contributed by atoms with Crippen LogP contribution in [0, 0.1) is 0 Å². The van der Waals surface area contributed by atoms with E-state index >= 15 is 0 Å². The molecule has 1 atom stereocenters. The topological polar surface area (TPSA) is 78.9 Å². The number of hydroxylamine groups is 1. The predicted molar refractivity (Wildman–Crippen MR) is 98.5 cm³/mol. The van der Waals surface area contributed by atoms with Gasteiger partial charge in [0.2, 0.25) is 0 Å². The highest BCUT2D eigenvalue weighted by molar-refractivity contribution is 8.00. The Balaban J connectivity index is 1.81. The number of amides is 2. The fourth-order valence-electron chi connectivity index (χ4n) is 2.84. The van der Waals surface area contributed by atoms with Crippen molar-refractivity contribution in [2.24, 2.45) is 0 Å². The summed E-state index contributed by atoms with van der Waals surface area (Å²) in [5.74, 6) is -1.33. The van der Waals surface area contributed by atoms with Crippen molar-refractivity contribution in [2.75, 3.05) is 6.54 Å². The van der Waals surface area contributed by atoms with Crippen LogP contribution in [0.3, 0.4) is 0 Å². The third kappa shape index (κ3) is 5.21. The first-order chi connectivity index (χ1) is 13.8. The highest BCUT2D eigenvalue weighted by Crippen LogP contribution is 2.42. The molecule has 0 spiro atoms. The molecule has 3 rings (SSSR count). The number of hydrogen-bond donors (Lipinski definition) is 2. The molecule has 1 heterocycles. The van der Waals surface area contributed by atoms with Gasteiger partial charge in [-0.05, 0) is 41.9 Å². The summed E-state index contributed by atoms with van der Waals surface area (Å²) < 4.78 is 44.5. The van der Waals surface area contributed by atoms with Crippen molar-refractivity contribution in [1.29, 1.82) is 0 Å². The molecule has 1 aliphatic heterocycles. The van der Waals surface area contributed by atoms with Gasteiger partial charge in [-0.3, -0.25) is 14.8 Å². The molecule has 0 aromatic heterocycles. The molecule has 6 nitrogen and oxygen atoms in total. The lowest BCUT2D eigenvalue weighted by atomic mass is 10.0. The van der Waals surface area contributed by atoms with E-state index in [0.717, 1.165) is 11.6 Å². The van der Waals surface area contributed by atoms with Crippen molar-refractivity contribution in [3.63, 3.8) is 0 Å². The van der Waals surface area contributed by atoms with Crippen LogP contribution in [0.1, 0.15) is 22.3 Å². The molecule has 2 N–H and O–H groups in total. The van der Waals surface area contributed by atoms with E-state index in [1.165, 1.54) is 22.5 Å². The van der Waals surface area contributed by atoms with Crippen molar-refractivity contribution in [1.82, 2.24) is 10.4 Å². The van der Waals surface area contributed by atoms with Gasteiger partial charge in [0.25, 0.3) is 11.8 Å². The number of carbonyl (C=O) groups excluding carboxylic acids is 2. The highest BCUT2D eigenvalue weighted by Gasteiger charge is 2.38. The Hall–Kier alpha value is -2.72. The summed E-state index contributed by atoms with van der Waals surface area (Å²) in [6.45, 7) is 0.343. The predicted octanol–water partition coefficient (Wildman–Crippen LogP) is 3.60. The number of carbonyl (C=O) groups is 2. The van der Waals surface area contributed by atoms with Crippen LogP contribution < -0.4 is 10.2 Å².